The van der Waals surface area contributed by atoms with Crippen molar-refractivity contribution in [2.24, 2.45) is 11.7 Å². The Morgan fingerprint density at radius 3 is 1.84 bits per heavy atom. The first-order valence-electron chi connectivity index (χ1n) is 12.0. The molecule has 0 aliphatic rings. The van der Waals surface area contributed by atoms with Crippen LogP contribution < -0.4 is 5.73 Å². The molecule has 0 bridgehead atoms. The van der Waals surface area contributed by atoms with Gasteiger partial charge in [0.1, 0.15) is 0 Å². The SMILES string of the molecule is CSc1ccc(-c2ccc(C(c3ccc(S(C)(=O)=O)cc3)N(CC#N)[C@@H](CC(C)C)C(N)=O)cc2)cc1. The highest BCUT2D eigenvalue weighted by atomic mass is 32.2. The van der Waals surface area contributed by atoms with E-state index in [-0.39, 0.29) is 17.4 Å². The summed E-state index contributed by atoms with van der Waals surface area (Å²) >= 11 is 1.69. The van der Waals surface area contributed by atoms with Gasteiger partial charge in [-0.1, -0.05) is 62.4 Å². The summed E-state index contributed by atoms with van der Waals surface area (Å²) in [5, 5.41) is 9.71. The minimum Gasteiger partial charge on any atom is -0.368 e. The lowest BCUT2D eigenvalue weighted by Gasteiger charge is -2.36. The Kier molecular flexibility index (Phi) is 9.55. The van der Waals surface area contributed by atoms with E-state index in [2.05, 4.69) is 30.3 Å². The van der Waals surface area contributed by atoms with Gasteiger partial charge in [0.25, 0.3) is 0 Å². The van der Waals surface area contributed by atoms with Crippen LogP contribution in [-0.4, -0.2) is 44.3 Å². The highest BCUT2D eigenvalue weighted by Crippen LogP contribution is 2.34. The fraction of sp³-hybridized carbons (Fsp3) is 0.310. The molecule has 8 heteroatoms. The molecule has 0 saturated carbocycles. The number of nitrogens with zero attached hydrogens (tertiary/aromatic N) is 2. The Balaban J connectivity index is 2.11. The molecule has 194 valence electrons. The van der Waals surface area contributed by atoms with Crippen LogP contribution in [0.1, 0.15) is 37.4 Å². The number of carbonyl (C=O) groups excluding carboxylic acids is 1. The van der Waals surface area contributed by atoms with Crippen molar-refractivity contribution in [2.75, 3.05) is 19.1 Å². The minimum atomic E-state index is -3.37. The molecule has 37 heavy (non-hydrogen) atoms. The first-order chi connectivity index (χ1) is 17.5. The van der Waals surface area contributed by atoms with Gasteiger partial charge in [-0.3, -0.25) is 9.69 Å². The van der Waals surface area contributed by atoms with Crippen molar-refractivity contribution < 1.29 is 13.2 Å². The fourth-order valence-corrected chi connectivity index (χ4v) is 5.48. The first-order valence-corrected chi connectivity index (χ1v) is 15.1. The third kappa shape index (κ3) is 7.22. The Labute approximate surface area is 224 Å². The average Bonchev–Trinajstić information content (AvgIpc) is 2.87. The molecule has 0 aromatic heterocycles. The lowest BCUT2D eigenvalue weighted by Crippen LogP contribution is -2.47. The second kappa shape index (κ2) is 12.4. The normalized spacial score (nSPS) is 13.3. The quantitative estimate of drug-likeness (QED) is 0.264. The molecule has 0 saturated heterocycles. The molecule has 0 heterocycles. The second-order valence-corrected chi connectivity index (χ2v) is 12.4. The number of hydrogen-bond acceptors (Lipinski definition) is 6. The standard InChI is InChI=1S/C29H33N3O3S2/c1-20(2)19-27(29(31)33)32(18-17-30)28(24-11-15-26(16-12-24)37(4,34)35)23-7-5-21(6-8-23)22-9-13-25(36-3)14-10-22/h5-16,20,27-28H,18-19H2,1-4H3,(H2,31,33)/t27-,28?/m0/s1. The fourth-order valence-electron chi connectivity index (χ4n) is 4.44. The van der Waals surface area contributed by atoms with E-state index in [0.717, 1.165) is 28.5 Å². The van der Waals surface area contributed by atoms with E-state index >= 15 is 0 Å². The highest BCUT2D eigenvalue weighted by molar-refractivity contribution is 7.98. The summed E-state index contributed by atoms with van der Waals surface area (Å²) in [5.74, 6) is -0.314. The predicted molar refractivity (Wildman–Crippen MR) is 150 cm³/mol. The molecule has 6 nitrogen and oxygen atoms in total. The van der Waals surface area contributed by atoms with Crippen molar-refractivity contribution in [1.82, 2.24) is 4.90 Å². The maximum atomic E-state index is 12.6. The van der Waals surface area contributed by atoms with Gasteiger partial charge in [0.05, 0.1) is 29.6 Å². The molecule has 0 spiro atoms. The number of sulfone groups is 1. The molecule has 3 aromatic carbocycles. The van der Waals surface area contributed by atoms with Crippen molar-refractivity contribution in [2.45, 2.75) is 42.1 Å². The van der Waals surface area contributed by atoms with Crippen LogP contribution in [0.3, 0.4) is 0 Å². The summed E-state index contributed by atoms with van der Waals surface area (Å²) in [5.41, 5.74) is 9.62. The number of rotatable bonds is 11. The Hall–Kier alpha value is -3.12. The molecule has 2 atom stereocenters. The van der Waals surface area contributed by atoms with E-state index < -0.39 is 27.8 Å². The zero-order valence-electron chi connectivity index (χ0n) is 21.6. The molecule has 2 N–H and O–H groups in total. The van der Waals surface area contributed by atoms with Gasteiger partial charge in [-0.15, -0.1) is 11.8 Å². The van der Waals surface area contributed by atoms with Crippen LogP contribution in [0.2, 0.25) is 0 Å². The molecule has 1 unspecified atom stereocenters. The van der Waals surface area contributed by atoms with Gasteiger partial charge >= 0.3 is 0 Å². The zero-order chi connectivity index (χ0) is 27.2. The number of primary amides is 1. The minimum absolute atomic E-state index is 0.0171. The molecular weight excluding hydrogens is 502 g/mol. The monoisotopic (exact) mass is 535 g/mol. The number of hydrogen-bond donors (Lipinski definition) is 1. The van der Waals surface area contributed by atoms with Crippen LogP contribution in [0.25, 0.3) is 11.1 Å². The number of carbonyl (C=O) groups is 1. The van der Waals surface area contributed by atoms with Gasteiger partial charge < -0.3 is 5.73 Å². The highest BCUT2D eigenvalue weighted by Gasteiger charge is 2.33. The van der Waals surface area contributed by atoms with E-state index in [1.54, 1.807) is 36.0 Å². The van der Waals surface area contributed by atoms with E-state index in [4.69, 9.17) is 5.73 Å². The Bertz CT molecular complexity index is 1350. The van der Waals surface area contributed by atoms with Crippen LogP contribution in [-0.2, 0) is 14.6 Å². The summed E-state index contributed by atoms with van der Waals surface area (Å²) in [7, 11) is -3.37. The van der Waals surface area contributed by atoms with Crippen molar-refractivity contribution >= 4 is 27.5 Å². The average molecular weight is 536 g/mol. The van der Waals surface area contributed by atoms with Gasteiger partial charge in [0.15, 0.2) is 9.84 Å². The lowest BCUT2D eigenvalue weighted by molar-refractivity contribution is -0.124. The maximum absolute atomic E-state index is 12.6. The molecule has 1 amide bonds. The summed E-state index contributed by atoms with van der Waals surface area (Å²) in [6.07, 6.45) is 3.70. The number of thioether (sulfide) groups is 1. The third-order valence-electron chi connectivity index (χ3n) is 6.28. The summed E-state index contributed by atoms with van der Waals surface area (Å²) < 4.78 is 24.1. The van der Waals surface area contributed by atoms with Crippen molar-refractivity contribution in [3.8, 4) is 17.2 Å². The smallest absolute Gasteiger partial charge is 0.234 e. The number of nitrogens with two attached hydrogens (primary N) is 1. The van der Waals surface area contributed by atoms with Crippen molar-refractivity contribution in [1.29, 1.82) is 5.26 Å². The number of nitriles is 1. The Morgan fingerprint density at radius 1 is 0.946 bits per heavy atom. The van der Waals surface area contributed by atoms with Crippen LogP contribution in [0, 0.1) is 17.2 Å². The van der Waals surface area contributed by atoms with Gasteiger partial charge in [-0.25, -0.2) is 8.42 Å². The molecule has 0 aliphatic carbocycles. The van der Waals surface area contributed by atoms with Crippen LogP contribution in [0.15, 0.2) is 82.6 Å². The lowest BCUT2D eigenvalue weighted by atomic mass is 9.92. The van der Waals surface area contributed by atoms with Crippen LogP contribution >= 0.6 is 11.8 Å². The third-order valence-corrected chi connectivity index (χ3v) is 8.15. The van der Waals surface area contributed by atoms with E-state index in [1.807, 2.05) is 49.3 Å². The van der Waals surface area contributed by atoms with Gasteiger partial charge in [-0.05, 0) is 65.1 Å². The van der Waals surface area contributed by atoms with E-state index in [0.29, 0.717) is 6.42 Å². The van der Waals surface area contributed by atoms with Crippen LogP contribution in [0.4, 0.5) is 0 Å². The van der Waals surface area contributed by atoms with Crippen LogP contribution in [0.5, 0.6) is 0 Å². The number of amides is 1. The number of benzene rings is 3. The topological polar surface area (TPSA) is 104 Å². The maximum Gasteiger partial charge on any atom is 0.234 e. The molecule has 0 aliphatic heterocycles. The molecule has 3 aromatic rings. The zero-order valence-corrected chi connectivity index (χ0v) is 23.2. The summed E-state index contributed by atoms with van der Waals surface area (Å²) in [6.45, 7) is 4.00. The second-order valence-electron chi connectivity index (χ2n) is 9.47. The van der Waals surface area contributed by atoms with Gasteiger partial charge in [0, 0.05) is 11.2 Å². The van der Waals surface area contributed by atoms with E-state index in [9.17, 15) is 18.5 Å². The van der Waals surface area contributed by atoms with Gasteiger partial charge in [-0.2, -0.15) is 5.26 Å². The molecule has 0 radical (unpaired) electrons. The van der Waals surface area contributed by atoms with Gasteiger partial charge in [0.2, 0.25) is 5.91 Å². The predicted octanol–water partition coefficient (Wildman–Crippen LogP) is 5.29. The van der Waals surface area contributed by atoms with Crippen molar-refractivity contribution in [3.05, 3.63) is 83.9 Å². The van der Waals surface area contributed by atoms with E-state index in [1.165, 1.54) is 4.90 Å². The molecule has 3 rings (SSSR count). The first kappa shape index (κ1) is 28.5. The molecular formula is C29H33N3O3S2. The largest absolute Gasteiger partial charge is 0.368 e. The van der Waals surface area contributed by atoms with Crippen molar-refractivity contribution in [3.63, 3.8) is 0 Å². The Morgan fingerprint density at radius 2 is 1.43 bits per heavy atom. The summed E-state index contributed by atoms with van der Waals surface area (Å²) in [4.78, 5) is 15.8. The summed E-state index contributed by atoms with van der Waals surface area (Å²) in [6, 6.07) is 24.0. The molecule has 0 fully saturated rings.